The van der Waals surface area contributed by atoms with Gasteiger partial charge >= 0.3 is 0 Å². The predicted octanol–water partition coefficient (Wildman–Crippen LogP) is 2.02. The van der Waals surface area contributed by atoms with Crippen LogP contribution in [-0.2, 0) is 4.79 Å². The lowest BCUT2D eigenvalue weighted by molar-refractivity contribution is -0.117. The molecule has 0 aromatic heterocycles. The third-order valence-corrected chi connectivity index (χ3v) is 4.56. The van der Waals surface area contributed by atoms with Crippen molar-refractivity contribution in [3.8, 4) is 0 Å². The van der Waals surface area contributed by atoms with Crippen molar-refractivity contribution >= 4 is 22.8 Å². The van der Waals surface area contributed by atoms with E-state index in [4.69, 9.17) is 0 Å². The molecule has 0 aromatic rings. The number of amides is 1. The second-order valence-electron chi connectivity index (χ2n) is 5.05. The molecule has 2 aliphatic rings. The first-order chi connectivity index (χ1) is 8.16. The van der Waals surface area contributed by atoms with E-state index in [0.29, 0.717) is 5.92 Å². The fourth-order valence-corrected chi connectivity index (χ4v) is 3.14. The number of hydrazine groups is 1. The van der Waals surface area contributed by atoms with E-state index in [-0.39, 0.29) is 11.2 Å². The molecule has 1 N–H and O–H groups in total. The van der Waals surface area contributed by atoms with Gasteiger partial charge in [0.1, 0.15) is 0 Å². The molecular weight excluding hydrogens is 234 g/mol. The fraction of sp³-hybridized carbons (Fsp3) is 0.833. The van der Waals surface area contributed by atoms with Crippen LogP contribution in [0.4, 0.5) is 0 Å². The van der Waals surface area contributed by atoms with Gasteiger partial charge in [-0.25, -0.2) is 5.01 Å². The van der Waals surface area contributed by atoms with Crippen molar-refractivity contribution < 1.29 is 4.79 Å². The van der Waals surface area contributed by atoms with E-state index >= 15 is 0 Å². The summed E-state index contributed by atoms with van der Waals surface area (Å²) in [6, 6.07) is 0. The van der Waals surface area contributed by atoms with Crippen molar-refractivity contribution in [1.82, 2.24) is 10.4 Å². The number of thioether (sulfide) groups is 1. The third-order valence-electron chi connectivity index (χ3n) is 3.16. The molecule has 0 aliphatic carbocycles. The molecule has 1 unspecified atom stereocenters. The van der Waals surface area contributed by atoms with Crippen LogP contribution in [0.5, 0.6) is 0 Å². The summed E-state index contributed by atoms with van der Waals surface area (Å²) in [6.45, 7) is 6.25. The SMILES string of the molecule is CC(C)C1SC(NN2CCCCCC2)=NC1=O. The zero-order valence-electron chi connectivity index (χ0n) is 10.6. The quantitative estimate of drug-likeness (QED) is 0.820. The lowest BCUT2D eigenvalue weighted by Gasteiger charge is -2.21. The van der Waals surface area contributed by atoms with Gasteiger partial charge in [-0.05, 0) is 18.8 Å². The van der Waals surface area contributed by atoms with Crippen LogP contribution in [0, 0.1) is 5.92 Å². The molecule has 17 heavy (non-hydrogen) atoms. The molecule has 0 aromatic carbocycles. The number of amidine groups is 1. The van der Waals surface area contributed by atoms with Crippen LogP contribution in [0.15, 0.2) is 4.99 Å². The minimum absolute atomic E-state index is 0.00415. The fourth-order valence-electron chi connectivity index (χ4n) is 2.15. The Hall–Kier alpha value is -0.550. The minimum Gasteiger partial charge on any atom is -0.297 e. The van der Waals surface area contributed by atoms with Crippen molar-refractivity contribution in [2.24, 2.45) is 10.9 Å². The number of nitrogens with zero attached hydrogens (tertiary/aromatic N) is 2. The highest BCUT2D eigenvalue weighted by Crippen LogP contribution is 2.27. The molecule has 2 rings (SSSR count). The smallest absolute Gasteiger partial charge is 0.261 e. The Morgan fingerprint density at radius 1 is 1.29 bits per heavy atom. The first-order valence-electron chi connectivity index (χ1n) is 6.47. The molecule has 4 nitrogen and oxygen atoms in total. The van der Waals surface area contributed by atoms with Gasteiger partial charge < -0.3 is 0 Å². The van der Waals surface area contributed by atoms with Crippen LogP contribution in [0.3, 0.4) is 0 Å². The van der Waals surface area contributed by atoms with Gasteiger partial charge in [0.2, 0.25) is 0 Å². The Labute approximate surface area is 107 Å². The number of rotatable bonds is 2. The number of carbonyl (C=O) groups excluding carboxylic acids is 1. The second-order valence-corrected chi connectivity index (χ2v) is 6.18. The highest BCUT2D eigenvalue weighted by molar-refractivity contribution is 8.15. The average molecular weight is 255 g/mol. The van der Waals surface area contributed by atoms with Crippen LogP contribution in [0.25, 0.3) is 0 Å². The van der Waals surface area contributed by atoms with Crippen molar-refractivity contribution in [3.63, 3.8) is 0 Å². The molecule has 2 aliphatic heterocycles. The molecule has 0 radical (unpaired) electrons. The van der Waals surface area contributed by atoms with Gasteiger partial charge in [-0.2, -0.15) is 4.99 Å². The number of carbonyl (C=O) groups is 1. The number of hydrogen-bond acceptors (Lipinski definition) is 4. The molecule has 5 heteroatoms. The first kappa shape index (κ1) is 12.9. The molecule has 1 amide bonds. The van der Waals surface area contributed by atoms with Gasteiger partial charge in [0.25, 0.3) is 5.91 Å². The maximum Gasteiger partial charge on any atom is 0.261 e. The van der Waals surface area contributed by atoms with Crippen LogP contribution < -0.4 is 5.43 Å². The monoisotopic (exact) mass is 255 g/mol. The zero-order chi connectivity index (χ0) is 12.3. The molecule has 0 saturated carbocycles. The Bertz CT molecular complexity index is 309. The minimum atomic E-state index is 0.00415. The second kappa shape index (κ2) is 5.87. The standard InChI is InChI=1S/C12H21N3OS/c1-9(2)10-11(16)13-12(17-10)14-15-7-5-3-4-6-8-15/h9-10H,3-8H2,1-2H3,(H,13,14,16). The lowest BCUT2D eigenvalue weighted by atomic mass is 10.1. The lowest BCUT2D eigenvalue weighted by Crippen LogP contribution is -2.41. The molecule has 1 atom stereocenters. The summed E-state index contributed by atoms with van der Waals surface area (Å²) in [5, 5.41) is 2.99. The Balaban J connectivity index is 1.87. The maximum absolute atomic E-state index is 11.7. The summed E-state index contributed by atoms with van der Waals surface area (Å²) in [4.78, 5) is 15.8. The van der Waals surface area contributed by atoms with E-state index in [0.717, 1.165) is 18.3 Å². The van der Waals surface area contributed by atoms with E-state index in [1.165, 1.54) is 25.7 Å². The van der Waals surface area contributed by atoms with E-state index in [1.54, 1.807) is 11.8 Å². The number of hydrogen-bond donors (Lipinski definition) is 1. The van der Waals surface area contributed by atoms with Gasteiger partial charge in [-0.15, -0.1) is 0 Å². The maximum atomic E-state index is 11.7. The zero-order valence-corrected chi connectivity index (χ0v) is 11.4. The van der Waals surface area contributed by atoms with Crippen molar-refractivity contribution in [2.45, 2.75) is 44.8 Å². The summed E-state index contributed by atoms with van der Waals surface area (Å²) in [5.74, 6) is 0.363. The van der Waals surface area contributed by atoms with Crippen molar-refractivity contribution in [3.05, 3.63) is 0 Å². The van der Waals surface area contributed by atoms with Gasteiger partial charge in [0, 0.05) is 13.1 Å². The largest absolute Gasteiger partial charge is 0.297 e. The van der Waals surface area contributed by atoms with Gasteiger partial charge in [-0.1, -0.05) is 38.5 Å². The van der Waals surface area contributed by atoms with Crippen molar-refractivity contribution in [1.29, 1.82) is 0 Å². The summed E-state index contributed by atoms with van der Waals surface area (Å²) >= 11 is 1.57. The summed E-state index contributed by atoms with van der Waals surface area (Å²) in [5.41, 5.74) is 3.30. The Morgan fingerprint density at radius 2 is 1.94 bits per heavy atom. The highest BCUT2D eigenvalue weighted by Gasteiger charge is 2.31. The van der Waals surface area contributed by atoms with E-state index in [2.05, 4.69) is 29.3 Å². The van der Waals surface area contributed by atoms with Gasteiger partial charge in [0.15, 0.2) is 5.17 Å². The van der Waals surface area contributed by atoms with Crippen LogP contribution >= 0.6 is 11.8 Å². The van der Waals surface area contributed by atoms with Crippen LogP contribution in [0.1, 0.15) is 39.5 Å². The average Bonchev–Trinajstić information content (AvgIpc) is 2.50. The van der Waals surface area contributed by atoms with Crippen LogP contribution in [-0.4, -0.2) is 34.4 Å². The molecule has 2 heterocycles. The summed E-state index contributed by atoms with van der Waals surface area (Å²) in [7, 11) is 0. The highest BCUT2D eigenvalue weighted by atomic mass is 32.2. The van der Waals surface area contributed by atoms with E-state index in [1.807, 2.05) is 0 Å². The Morgan fingerprint density at radius 3 is 2.47 bits per heavy atom. The van der Waals surface area contributed by atoms with E-state index in [9.17, 15) is 4.79 Å². The van der Waals surface area contributed by atoms with Gasteiger partial charge in [0.05, 0.1) is 5.25 Å². The van der Waals surface area contributed by atoms with Crippen LogP contribution in [0.2, 0.25) is 0 Å². The number of nitrogens with one attached hydrogen (secondary N) is 1. The first-order valence-corrected chi connectivity index (χ1v) is 7.35. The predicted molar refractivity (Wildman–Crippen MR) is 71.8 cm³/mol. The molecule has 1 saturated heterocycles. The summed E-state index contributed by atoms with van der Waals surface area (Å²) < 4.78 is 0. The van der Waals surface area contributed by atoms with Crippen molar-refractivity contribution in [2.75, 3.05) is 13.1 Å². The number of aliphatic imine (C=N–C) groups is 1. The molecule has 1 fully saturated rings. The van der Waals surface area contributed by atoms with Gasteiger partial charge in [-0.3, -0.25) is 10.2 Å². The van der Waals surface area contributed by atoms with E-state index < -0.39 is 0 Å². The molecule has 0 spiro atoms. The molecule has 96 valence electrons. The normalized spacial score (nSPS) is 27.1. The third kappa shape index (κ3) is 3.45. The summed E-state index contributed by atoms with van der Waals surface area (Å²) in [6.07, 6.45) is 5.08. The molecule has 0 bridgehead atoms. The Kier molecular flexibility index (Phi) is 4.45. The molecular formula is C12H21N3OS. The topological polar surface area (TPSA) is 44.7 Å².